The molecule has 0 aromatic heterocycles. The number of rotatable bonds is 0. The van der Waals surface area contributed by atoms with Crippen molar-refractivity contribution < 1.29 is 34.2 Å². The van der Waals surface area contributed by atoms with Crippen LogP contribution >= 0.6 is 0 Å². The number of hydrogen-bond acceptors (Lipinski definition) is 6. The second-order valence-electron chi connectivity index (χ2n) is 7.15. The van der Waals surface area contributed by atoms with Crippen LogP contribution in [0.15, 0.2) is 11.6 Å². The highest BCUT2D eigenvalue weighted by atomic mass is 16.6. The summed E-state index contributed by atoms with van der Waals surface area (Å²) in [6.07, 6.45) is 2.45. The van der Waals surface area contributed by atoms with Crippen molar-refractivity contribution in [3.8, 4) is 0 Å². The number of carbonyl (C=O) groups is 2. The summed E-state index contributed by atoms with van der Waals surface area (Å²) in [7, 11) is 0. The molecule has 3 aliphatic rings. The smallest absolute Gasteiger partial charge is 0.341 e. The van der Waals surface area contributed by atoms with E-state index in [0.717, 1.165) is 25.1 Å². The summed E-state index contributed by atoms with van der Waals surface area (Å²) in [4.78, 5) is 26.0. The predicted molar refractivity (Wildman–Crippen MR) is 78.4 cm³/mol. The molecule has 128 valence electrons. The lowest BCUT2D eigenvalue weighted by atomic mass is 9.76. The van der Waals surface area contributed by atoms with Crippen LogP contribution in [0, 0.1) is 5.92 Å². The van der Waals surface area contributed by atoms with Gasteiger partial charge in [0.05, 0.1) is 19.0 Å². The topological polar surface area (TPSA) is 97.5 Å². The first-order valence-corrected chi connectivity index (χ1v) is 8.02. The molecule has 0 aliphatic carbocycles. The van der Waals surface area contributed by atoms with Crippen molar-refractivity contribution in [3.05, 3.63) is 11.6 Å². The molecule has 2 fully saturated rings. The molecule has 23 heavy (non-hydrogen) atoms. The van der Waals surface area contributed by atoms with Gasteiger partial charge in [-0.2, -0.15) is 0 Å². The highest BCUT2D eigenvalue weighted by Crippen LogP contribution is 2.33. The summed E-state index contributed by atoms with van der Waals surface area (Å²) in [5.74, 6) is -2.61. The van der Waals surface area contributed by atoms with E-state index in [1.165, 1.54) is 25.7 Å². The molecule has 6 atom stereocenters. The third-order valence-corrected chi connectivity index (χ3v) is 5.80. The van der Waals surface area contributed by atoms with Crippen molar-refractivity contribution in [2.45, 2.75) is 50.5 Å². The van der Waals surface area contributed by atoms with Crippen LogP contribution in [0.1, 0.15) is 27.2 Å². The predicted octanol–water partition coefficient (Wildman–Crippen LogP) is -1.81. The Morgan fingerprint density at radius 2 is 2.00 bits per heavy atom. The van der Waals surface area contributed by atoms with Gasteiger partial charge in [0.15, 0.2) is 17.7 Å². The Kier molecular flexibility index (Phi) is 3.78. The number of quaternary nitrogens is 1. The Hall–Kier alpha value is -1.44. The summed E-state index contributed by atoms with van der Waals surface area (Å²) in [5, 5.41) is 21.1. The van der Waals surface area contributed by atoms with E-state index in [1.54, 1.807) is 0 Å². The fourth-order valence-corrected chi connectivity index (χ4v) is 3.71. The second-order valence-corrected chi connectivity index (χ2v) is 7.15. The Labute approximate surface area is 134 Å². The Bertz CT molecular complexity index is 567. The summed E-state index contributed by atoms with van der Waals surface area (Å²) < 4.78 is 10.9. The molecule has 0 spiro atoms. The monoisotopic (exact) mass is 326 g/mol. The van der Waals surface area contributed by atoms with Crippen molar-refractivity contribution in [1.82, 2.24) is 0 Å². The van der Waals surface area contributed by atoms with Gasteiger partial charge in [-0.3, -0.25) is 4.79 Å². The molecule has 0 aromatic carbocycles. The molecular weight excluding hydrogens is 302 g/mol. The molecule has 0 bridgehead atoms. The quantitative estimate of drug-likeness (QED) is 0.359. The summed E-state index contributed by atoms with van der Waals surface area (Å²) in [5.41, 5.74) is -3.30. The Morgan fingerprint density at radius 3 is 2.70 bits per heavy atom. The molecule has 1 unspecified atom stereocenters. The average molecular weight is 326 g/mol. The van der Waals surface area contributed by atoms with Crippen LogP contribution < -0.4 is 4.90 Å². The summed E-state index contributed by atoms with van der Waals surface area (Å²) in [6, 6.07) is -0.00746. The lowest BCUT2D eigenvalue weighted by Gasteiger charge is -2.39. The molecule has 2 saturated heterocycles. The fourth-order valence-electron chi connectivity index (χ4n) is 3.71. The molecule has 3 rings (SSSR count). The standard InChI is InChI=1S/C16H23NO6/c1-9-13(18)23-11-5-7-17-6-4-10(12(11)17)8-22-14(19)16(3,21)15(9,2)20/h4,9,11-12,20-21H,5-8H2,1-3H3/p+1/t9-,11-,12-,15+,16-/m1/s1. The van der Waals surface area contributed by atoms with Crippen LogP contribution in [0.2, 0.25) is 0 Å². The van der Waals surface area contributed by atoms with Gasteiger partial charge < -0.3 is 24.6 Å². The van der Waals surface area contributed by atoms with Crippen LogP contribution in [-0.4, -0.2) is 65.2 Å². The number of nitrogens with one attached hydrogen (secondary N) is 1. The van der Waals surface area contributed by atoms with Gasteiger partial charge in [0.1, 0.15) is 12.2 Å². The van der Waals surface area contributed by atoms with E-state index in [0.29, 0.717) is 0 Å². The van der Waals surface area contributed by atoms with Crippen LogP contribution in [0.4, 0.5) is 0 Å². The lowest BCUT2D eigenvalue weighted by molar-refractivity contribution is -0.896. The third-order valence-electron chi connectivity index (χ3n) is 5.80. The molecule has 0 amide bonds. The maximum absolute atomic E-state index is 12.5. The minimum absolute atomic E-state index is 0.00746. The fraction of sp³-hybridized carbons (Fsp3) is 0.750. The highest BCUT2D eigenvalue weighted by Gasteiger charge is 2.57. The summed E-state index contributed by atoms with van der Waals surface area (Å²) in [6.45, 7) is 5.62. The zero-order valence-electron chi connectivity index (χ0n) is 13.7. The second kappa shape index (κ2) is 5.29. The van der Waals surface area contributed by atoms with Crippen molar-refractivity contribution in [2.24, 2.45) is 5.92 Å². The van der Waals surface area contributed by atoms with Gasteiger partial charge >= 0.3 is 11.9 Å². The molecule has 3 N–H and O–H groups in total. The van der Waals surface area contributed by atoms with E-state index in [2.05, 4.69) is 0 Å². The van der Waals surface area contributed by atoms with Crippen LogP contribution in [0.3, 0.4) is 0 Å². The van der Waals surface area contributed by atoms with E-state index < -0.39 is 29.1 Å². The highest BCUT2D eigenvalue weighted by molar-refractivity contribution is 5.83. The average Bonchev–Trinajstić information content (AvgIpc) is 3.06. The maximum atomic E-state index is 12.5. The van der Waals surface area contributed by atoms with Crippen LogP contribution in [0.25, 0.3) is 0 Å². The van der Waals surface area contributed by atoms with Gasteiger partial charge in [-0.15, -0.1) is 0 Å². The number of cyclic esters (lactones) is 1. The lowest BCUT2D eigenvalue weighted by Crippen LogP contribution is -3.12. The van der Waals surface area contributed by atoms with E-state index >= 15 is 0 Å². The van der Waals surface area contributed by atoms with Crippen molar-refractivity contribution in [1.29, 1.82) is 0 Å². The molecule has 3 heterocycles. The molecule has 0 aromatic rings. The molecule has 0 radical (unpaired) electrons. The maximum Gasteiger partial charge on any atom is 0.341 e. The minimum Gasteiger partial charge on any atom is -0.459 e. The first kappa shape index (κ1) is 16.4. The summed E-state index contributed by atoms with van der Waals surface area (Å²) >= 11 is 0. The largest absolute Gasteiger partial charge is 0.459 e. The third kappa shape index (κ3) is 2.38. The zero-order valence-corrected chi connectivity index (χ0v) is 13.7. The number of carbonyl (C=O) groups excluding carboxylic acids is 2. The van der Waals surface area contributed by atoms with Crippen molar-refractivity contribution in [2.75, 3.05) is 19.7 Å². The number of hydrogen-bond donors (Lipinski definition) is 3. The van der Waals surface area contributed by atoms with E-state index in [4.69, 9.17) is 9.47 Å². The van der Waals surface area contributed by atoms with E-state index in [1.807, 2.05) is 6.08 Å². The molecule has 7 nitrogen and oxygen atoms in total. The first-order valence-electron chi connectivity index (χ1n) is 8.02. The molecule has 0 saturated carbocycles. The molecular formula is C16H24NO6+. The number of aliphatic hydroxyl groups is 2. The van der Waals surface area contributed by atoms with E-state index in [9.17, 15) is 19.8 Å². The van der Waals surface area contributed by atoms with Gasteiger partial charge in [0, 0.05) is 12.0 Å². The minimum atomic E-state index is -2.21. The van der Waals surface area contributed by atoms with Gasteiger partial charge in [-0.1, -0.05) is 0 Å². The van der Waals surface area contributed by atoms with Gasteiger partial charge in [-0.05, 0) is 26.8 Å². The van der Waals surface area contributed by atoms with Gasteiger partial charge in [0.2, 0.25) is 0 Å². The van der Waals surface area contributed by atoms with E-state index in [-0.39, 0.29) is 18.8 Å². The number of ether oxygens (including phenoxy) is 2. The molecule has 7 heteroatoms. The zero-order chi connectivity index (χ0) is 17.0. The normalized spacial score (nSPS) is 47.3. The van der Waals surface area contributed by atoms with Crippen LogP contribution in [-0.2, 0) is 19.1 Å². The molecule has 3 aliphatic heterocycles. The van der Waals surface area contributed by atoms with Crippen LogP contribution in [0.5, 0.6) is 0 Å². The van der Waals surface area contributed by atoms with Gasteiger partial charge in [-0.25, -0.2) is 4.79 Å². The number of esters is 2. The van der Waals surface area contributed by atoms with Crippen molar-refractivity contribution >= 4 is 11.9 Å². The SMILES string of the molecule is C[C@@H]1C(=O)O[C@@H]2CC[NH+]3CC=C(COC(=O)[C@@](C)(O)[C@@]1(C)O)[C@H]23. The Morgan fingerprint density at radius 1 is 1.30 bits per heavy atom. The first-order chi connectivity index (χ1) is 10.7. The van der Waals surface area contributed by atoms with Crippen molar-refractivity contribution in [3.63, 3.8) is 0 Å². The Balaban J connectivity index is 1.97. The van der Waals surface area contributed by atoms with Gasteiger partial charge in [0.25, 0.3) is 0 Å².